The van der Waals surface area contributed by atoms with Gasteiger partial charge in [-0.2, -0.15) is 0 Å². The van der Waals surface area contributed by atoms with E-state index in [9.17, 15) is 13.6 Å². The van der Waals surface area contributed by atoms with Gasteiger partial charge in [-0.05, 0) is 24.5 Å². The molecule has 2 nitrogen and oxygen atoms in total. The minimum absolute atomic E-state index is 0.0310. The van der Waals surface area contributed by atoms with Gasteiger partial charge in [-0.25, -0.2) is 8.78 Å². The summed E-state index contributed by atoms with van der Waals surface area (Å²) < 4.78 is 31.1. The van der Waals surface area contributed by atoms with Crippen LogP contribution in [0.4, 0.5) is 8.78 Å². The lowest BCUT2D eigenvalue weighted by Gasteiger charge is -2.08. The molecule has 86 valence electrons. The second-order valence-electron chi connectivity index (χ2n) is 3.88. The van der Waals surface area contributed by atoms with Crippen LogP contribution in [-0.2, 0) is 16.0 Å². The second-order valence-corrected chi connectivity index (χ2v) is 3.88. The van der Waals surface area contributed by atoms with Crippen LogP contribution in [0.25, 0.3) is 0 Å². The highest BCUT2D eigenvalue weighted by molar-refractivity contribution is 5.85. The Bertz CT molecular complexity index is 398. The third-order valence-corrected chi connectivity index (χ3v) is 2.67. The molecule has 0 radical (unpaired) electrons. The Morgan fingerprint density at radius 1 is 1.44 bits per heavy atom. The van der Waals surface area contributed by atoms with E-state index >= 15 is 0 Å². The number of hydrogen-bond acceptors (Lipinski definition) is 2. The van der Waals surface area contributed by atoms with Gasteiger partial charge in [0.25, 0.3) is 0 Å². The molecule has 1 unspecified atom stereocenters. The predicted molar refractivity (Wildman–Crippen MR) is 54.0 cm³/mol. The van der Waals surface area contributed by atoms with Crippen molar-refractivity contribution in [3.63, 3.8) is 0 Å². The molecule has 0 bridgehead atoms. The number of rotatable bonds is 3. The van der Waals surface area contributed by atoms with Gasteiger partial charge in [-0.3, -0.25) is 4.79 Å². The van der Waals surface area contributed by atoms with Crippen molar-refractivity contribution in [3.8, 4) is 0 Å². The Morgan fingerprint density at radius 2 is 2.25 bits per heavy atom. The van der Waals surface area contributed by atoms with E-state index in [4.69, 9.17) is 4.74 Å². The number of Topliss-reactive ketones (excluding diaryl/α,β-unsaturated/α-hetero) is 1. The zero-order chi connectivity index (χ0) is 11.5. The first kappa shape index (κ1) is 11.2. The first-order valence-electron chi connectivity index (χ1n) is 5.25. The minimum Gasteiger partial charge on any atom is -0.370 e. The van der Waals surface area contributed by atoms with Crippen LogP contribution in [0.5, 0.6) is 0 Å². The van der Waals surface area contributed by atoms with E-state index in [0.29, 0.717) is 13.0 Å². The average Bonchev–Trinajstić information content (AvgIpc) is 2.75. The monoisotopic (exact) mass is 226 g/mol. The lowest BCUT2D eigenvalue weighted by Crippen LogP contribution is -2.21. The maximum absolute atomic E-state index is 13.3. The molecule has 2 rings (SSSR count). The van der Waals surface area contributed by atoms with Gasteiger partial charge in [0, 0.05) is 19.1 Å². The van der Waals surface area contributed by atoms with Gasteiger partial charge < -0.3 is 4.74 Å². The Morgan fingerprint density at radius 3 is 2.88 bits per heavy atom. The number of ether oxygens (including phenoxy) is 1. The Labute approximate surface area is 92.2 Å². The van der Waals surface area contributed by atoms with Gasteiger partial charge in [-0.15, -0.1) is 0 Å². The zero-order valence-electron chi connectivity index (χ0n) is 8.71. The van der Waals surface area contributed by atoms with E-state index in [1.165, 1.54) is 6.07 Å². The molecular formula is C12H12F2O2. The average molecular weight is 226 g/mol. The number of carbonyl (C=O) groups is 1. The molecule has 0 N–H and O–H groups in total. The van der Waals surface area contributed by atoms with Crippen LogP contribution < -0.4 is 0 Å². The molecule has 1 aliphatic rings. The van der Waals surface area contributed by atoms with Crippen LogP contribution in [0.1, 0.15) is 18.4 Å². The molecule has 1 saturated heterocycles. The Balaban J connectivity index is 2.05. The van der Waals surface area contributed by atoms with Crippen molar-refractivity contribution in [2.45, 2.75) is 25.4 Å². The van der Waals surface area contributed by atoms with Gasteiger partial charge in [0.05, 0.1) is 0 Å². The highest BCUT2D eigenvalue weighted by Gasteiger charge is 2.24. The standard InChI is InChI=1S/C12H12F2O2/c13-9-4-3-8(10(14)7-9)6-11(15)12-2-1-5-16-12/h3-4,7,12H,1-2,5-6H2. The van der Waals surface area contributed by atoms with Crippen molar-refractivity contribution in [3.05, 3.63) is 35.4 Å². The molecule has 16 heavy (non-hydrogen) atoms. The molecule has 0 amide bonds. The van der Waals surface area contributed by atoms with Crippen LogP contribution in [0.3, 0.4) is 0 Å². The third-order valence-electron chi connectivity index (χ3n) is 2.67. The van der Waals surface area contributed by atoms with E-state index in [2.05, 4.69) is 0 Å². The summed E-state index contributed by atoms with van der Waals surface area (Å²) in [5, 5.41) is 0. The SMILES string of the molecule is O=C(Cc1ccc(F)cc1F)C1CCCO1. The van der Waals surface area contributed by atoms with Crippen molar-refractivity contribution in [1.82, 2.24) is 0 Å². The number of halogens is 2. The topological polar surface area (TPSA) is 26.3 Å². The first-order chi connectivity index (χ1) is 7.66. The van der Waals surface area contributed by atoms with Crippen LogP contribution in [0.2, 0.25) is 0 Å². The van der Waals surface area contributed by atoms with E-state index in [0.717, 1.165) is 18.6 Å². The molecule has 0 aliphatic carbocycles. The second kappa shape index (κ2) is 4.70. The van der Waals surface area contributed by atoms with E-state index in [1.54, 1.807) is 0 Å². The third kappa shape index (κ3) is 2.44. The summed E-state index contributed by atoms with van der Waals surface area (Å²) >= 11 is 0. The van der Waals surface area contributed by atoms with Crippen molar-refractivity contribution >= 4 is 5.78 Å². The fourth-order valence-corrected chi connectivity index (χ4v) is 1.80. The molecule has 1 atom stereocenters. The molecule has 0 spiro atoms. The van der Waals surface area contributed by atoms with Gasteiger partial charge in [0.15, 0.2) is 5.78 Å². The fraction of sp³-hybridized carbons (Fsp3) is 0.417. The lowest BCUT2D eigenvalue weighted by atomic mass is 10.0. The largest absolute Gasteiger partial charge is 0.370 e. The summed E-state index contributed by atoms with van der Waals surface area (Å²) in [7, 11) is 0. The fourth-order valence-electron chi connectivity index (χ4n) is 1.80. The zero-order valence-corrected chi connectivity index (χ0v) is 8.71. The number of hydrogen-bond donors (Lipinski definition) is 0. The lowest BCUT2D eigenvalue weighted by molar-refractivity contribution is -0.127. The molecule has 1 aromatic rings. The van der Waals surface area contributed by atoms with E-state index in [1.807, 2.05) is 0 Å². The van der Waals surface area contributed by atoms with Gasteiger partial charge in [0.2, 0.25) is 0 Å². The molecule has 0 aromatic heterocycles. The maximum atomic E-state index is 13.3. The smallest absolute Gasteiger partial charge is 0.166 e. The molecule has 1 fully saturated rings. The van der Waals surface area contributed by atoms with Crippen molar-refractivity contribution in [2.75, 3.05) is 6.61 Å². The van der Waals surface area contributed by atoms with Crippen molar-refractivity contribution in [2.24, 2.45) is 0 Å². The Hall–Kier alpha value is -1.29. The summed E-state index contributed by atoms with van der Waals surface area (Å²) in [5.74, 6) is -1.44. The molecule has 1 aliphatic heterocycles. The number of carbonyl (C=O) groups excluding carboxylic acids is 1. The summed E-state index contributed by atoms with van der Waals surface area (Å²) in [5.41, 5.74) is 0.224. The predicted octanol–water partition coefficient (Wildman–Crippen LogP) is 2.26. The number of ketones is 1. The van der Waals surface area contributed by atoms with Crippen molar-refractivity contribution in [1.29, 1.82) is 0 Å². The van der Waals surface area contributed by atoms with Crippen LogP contribution in [0, 0.1) is 11.6 Å². The van der Waals surface area contributed by atoms with Crippen LogP contribution >= 0.6 is 0 Å². The van der Waals surface area contributed by atoms with Crippen LogP contribution in [-0.4, -0.2) is 18.5 Å². The van der Waals surface area contributed by atoms with E-state index in [-0.39, 0.29) is 17.8 Å². The number of benzene rings is 1. The Kier molecular flexibility index (Phi) is 3.29. The molecule has 1 aromatic carbocycles. The summed E-state index contributed by atoms with van der Waals surface area (Å²) in [6, 6.07) is 3.25. The quantitative estimate of drug-likeness (QED) is 0.790. The maximum Gasteiger partial charge on any atom is 0.166 e. The minimum atomic E-state index is -0.675. The molecule has 0 saturated carbocycles. The summed E-state index contributed by atoms with van der Waals surface area (Å²) in [6.45, 7) is 0.586. The van der Waals surface area contributed by atoms with E-state index < -0.39 is 17.7 Å². The molecular weight excluding hydrogens is 214 g/mol. The highest BCUT2D eigenvalue weighted by Crippen LogP contribution is 2.17. The normalized spacial score (nSPS) is 20.0. The summed E-state index contributed by atoms with van der Waals surface area (Å²) in [6.07, 6.45) is 1.12. The highest BCUT2D eigenvalue weighted by atomic mass is 19.1. The van der Waals surface area contributed by atoms with Crippen LogP contribution in [0.15, 0.2) is 18.2 Å². The van der Waals surface area contributed by atoms with Gasteiger partial charge in [0.1, 0.15) is 17.7 Å². The van der Waals surface area contributed by atoms with Crippen molar-refractivity contribution < 1.29 is 18.3 Å². The van der Waals surface area contributed by atoms with Gasteiger partial charge in [-0.1, -0.05) is 6.07 Å². The first-order valence-corrected chi connectivity index (χ1v) is 5.25. The molecule has 4 heteroatoms. The molecule has 1 heterocycles. The van der Waals surface area contributed by atoms with Gasteiger partial charge >= 0.3 is 0 Å². The summed E-state index contributed by atoms with van der Waals surface area (Å²) in [4.78, 5) is 11.7.